The highest BCUT2D eigenvalue weighted by atomic mass is 35.5. The molecule has 1 aliphatic heterocycles. The highest BCUT2D eigenvalue weighted by molar-refractivity contribution is 6.34. The number of fused-ring (bicyclic) bond motifs is 3. The van der Waals surface area contributed by atoms with Gasteiger partial charge in [-0.3, -0.25) is 9.59 Å². The van der Waals surface area contributed by atoms with E-state index in [2.05, 4.69) is 44.4 Å². The molecule has 3 aliphatic rings. The van der Waals surface area contributed by atoms with Crippen molar-refractivity contribution in [1.82, 2.24) is 24.8 Å². The van der Waals surface area contributed by atoms with Crippen LogP contribution in [0.2, 0.25) is 5.02 Å². The maximum absolute atomic E-state index is 12.9. The molecular weight excluding hydrogens is 478 g/mol. The predicted octanol–water partition coefficient (Wildman–Crippen LogP) is 2.75. The van der Waals surface area contributed by atoms with Crippen LogP contribution < -0.4 is 11.1 Å². The van der Waals surface area contributed by atoms with Crippen LogP contribution in [0.25, 0.3) is 22.6 Å². The summed E-state index contributed by atoms with van der Waals surface area (Å²) in [4.78, 5) is 41.6. The first kappa shape index (κ1) is 23.0. The van der Waals surface area contributed by atoms with Gasteiger partial charge in [0.15, 0.2) is 5.65 Å². The van der Waals surface area contributed by atoms with Crippen LogP contribution in [-0.4, -0.2) is 75.8 Å². The van der Waals surface area contributed by atoms with Crippen LogP contribution in [0.1, 0.15) is 16.8 Å². The first-order valence-corrected chi connectivity index (χ1v) is 12.6. The molecule has 2 bridgehead atoms. The Morgan fingerprint density at radius 2 is 1.83 bits per heavy atom. The number of imidazole rings is 1. The van der Waals surface area contributed by atoms with E-state index in [1.54, 1.807) is 6.20 Å². The van der Waals surface area contributed by atoms with Gasteiger partial charge in [-0.1, -0.05) is 35.9 Å². The summed E-state index contributed by atoms with van der Waals surface area (Å²) >= 11 is 6.55. The summed E-state index contributed by atoms with van der Waals surface area (Å²) in [6.45, 7) is 3.23. The lowest BCUT2D eigenvalue weighted by Crippen LogP contribution is -2.47. The average Bonchev–Trinajstić information content (AvgIpc) is 3.61. The maximum atomic E-state index is 12.9. The molecule has 1 saturated heterocycles. The van der Waals surface area contributed by atoms with Crippen LogP contribution in [0.4, 0.5) is 5.69 Å². The summed E-state index contributed by atoms with van der Waals surface area (Å²) in [7, 11) is 2.07. The fourth-order valence-corrected chi connectivity index (χ4v) is 5.95. The van der Waals surface area contributed by atoms with E-state index >= 15 is 0 Å². The van der Waals surface area contributed by atoms with Gasteiger partial charge in [-0.05, 0) is 37.4 Å². The molecule has 9 nitrogen and oxygen atoms in total. The lowest BCUT2D eigenvalue weighted by atomic mass is 9.88. The van der Waals surface area contributed by atoms with Gasteiger partial charge >= 0.3 is 0 Å². The number of halogens is 1. The Labute approximate surface area is 213 Å². The molecule has 1 saturated carbocycles. The smallest absolute Gasteiger partial charge is 0.253 e. The topological polar surface area (TPSA) is 120 Å². The summed E-state index contributed by atoms with van der Waals surface area (Å²) in [5.41, 5.74) is 9.09. The highest BCUT2D eigenvalue weighted by Gasteiger charge is 2.47. The first-order valence-electron chi connectivity index (χ1n) is 12.3. The van der Waals surface area contributed by atoms with Gasteiger partial charge < -0.3 is 25.8 Å². The molecule has 4 N–H and O–H groups in total. The Kier molecular flexibility index (Phi) is 5.69. The predicted molar refractivity (Wildman–Crippen MR) is 139 cm³/mol. The fraction of sp³-hybridized carbons (Fsp3) is 0.385. The van der Waals surface area contributed by atoms with Crippen LogP contribution >= 0.6 is 11.6 Å². The van der Waals surface area contributed by atoms with Crippen LogP contribution in [0, 0.1) is 17.8 Å². The third-order valence-corrected chi connectivity index (χ3v) is 8.05. The molecule has 186 valence electrons. The summed E-state index contributed by atoms with van der Waals surface area (Å²) in [5.74, 6) is 0.461. The second kappa shape index (κ2) is 8.90. The highest BCUT2D eigenvalue weighted by Crippen LogP contribution is 2.46. The molecule has 6 rings (SSSR count). The van der Waals surface area contributed by atoms with Crippen molar-refractivity contribution in [2.75, 3.05) is 38.5 Å². The third kappa shape index (κ3) is 3.92. The molecule has 4 unspecified atom stereocenters. The zero-order chi connectivity index (χ0) is 25.0. The minimum absolute atomic E-state index is 0.0445. The van der Waals surface area contributed by atoms with E-state index in [0.29, 0.717) is 33.3 Å². The Bertz CT molecular complexity index is 1360. The summed E-state index contributed by atoms with van der Waals surface area (Å²) in [6.07, 6.45) is 6.72. The van der Waals surface area contributed by atoms with Crippen molar-refractivity contribution in [1.29, 1.82) is 0 Å². The van der Waals surface area contributed by atoms with E-state index in [1.807, 2.05) is 29.2 Å². The van der Waals surface area contributed by atoms with Crippen LogP contribution in [0.5, 0.6) is 0 Å². The maximum Gasteiger partial charge on any atom is 0.253 e. The summed E-state index contributed by atoms with van der Waals surface area (Å²) in [6, 6.07) is 7.31. The quantitative estimate of drug-likeness (QED) is 0.458. The molecule has 3 heterocycles. The van der Waals surface area contributed by atoms with Gasteiger partial charge in [0.1, 0.15) is 11.3 Å². The van der Waals surface area contributed by atoms with Crippen molar-refractivity contribution in [3.8, 4) is 11.4 Å². The van der Waals surface area contributed by atoms with E-state index < -0.39 is 0 Å². The van der Waals surface area contributed by atoms with Gasteiger partial charge in [0, 0.05) is 43.3 Å². The summed E-state index contributed by atoms with van der Waals surface area (Å²) in [5, 5.41) is 3.94. The van der Waals surface area contributed by atoms with Gasteiger partial charge in [0.2, 0.25) is 5.91 Å². The lowest BCUT2D eigenvalue weighted by Gasteiger charge is -2.32. The summed E-state index contributed by atoms with van der Waals surface area (Å²) < 4.78 is 0. The third-order valence-electron chi connectivity index (χ3n) is 7.77. The Balaban J connectivity index is 1.26. The minimum atomic E-state index is -0.303. The van der Waals surface area contributed by atoms with E-state index in [0.717, 1.165) is 38.2 Å². The van der Waals surface area contributed by atoms with E-state index in [1.165, 1.54) is 0 Å². The van der Waals surface area contributed by atoms with Gasteiger partial charge in [-0.25, -0.2) is 9.97 Å². The number of rotatable bonds is 5. The molecule has 36 heavy (non-hydrogen) atoms. The number of anilines is 1. The Morgan fingerprint density at radius 1 is 1.11 bits per heavy atom. The molecule has 3 aromatic rings. The number of benzene rings is 1. The number of aromatic amines is 1. The normalized spacial score (nSPS) is 25.6. The molecule has 2 aliphatic carbocycles. The largest absolute Gasteiger partial charge is 0.378 e. The van der Waals surface area contributed by atoms with Gasteiger partial charge in [0.25, 0.3) is 5.91 Å². The van der Waals surface area contributed by atoms with Crippen molar-refractivity contribution >= 4 is 40.3 Å². The minimum Gasteiger partial charge on any atom is -0.378 e. The number of amides is 2. The van der Waals surface area contributed by atoms with Gasteiger partial charge in [-0.15, -0.1) is 0 Å². The number of carbonyl (C=O) groups excluding carboxylic acids is 2. The molecule has 0 spiro atoms. The van der Waals surface area contributed by atoms with E-state index in [9.17, 15) is 9.59 Å². The first-order chi connectivity index (χ1) is 17.4. The van der Waals surface area contributed by atoms with Gasteiger partial charge in [-0.2, -0.15) is 0 Å². The molecule has 2 aromatic heterocycles. The van der Waals surface area contributed by atoms with Crippen molar-refractivity contribution in [2.45, 2.75) is 12.5 Å². The van der Waals surface area contributed by atoms with Crippen LogP contribution in [0.15, 0.2) is 42.6 Å². The van der Waals surface area contributed by atoms with Crippen molar-refractivity contribution in [2.24, 2.45) is 23.5 Å². The second-order valence-corrected chi connectivity index (χ2v) is 10.4. The molecule has 10 heteroatoms. The second-order valence-electron chi connectivity index (χ2n) is 9.98. The number of nitrogens with one attached hydrogen (secondary N) is 2. The number of primary amides is 1. The number of allylic oxidation sites excluding steroid dienone is 1. The van der Waals surface area contributed by atoms with Crippen molar-refractivity contribution < 1.29 is 9.59 Å². The number of nitrogens with zero attached hydrogens (tertiary/aromatic N) is 4. The number of piperazine rings is 1. The molecule has 2 fully saturated rings. The van der Waals surface area contributed by atoms with E-state index in [4.69, 9.17) is 17.3 Å². The molecule has 0 radical (unpaired) electrons. The molecule has 1 aromatic carbocycles. The van der Waals surface area contributed by atoms with E-state index in [-0.39, 0.29) is 35.6 Å². The zero-order valence-electron chi connectivity index (χ0n) is 19.9. The monoisotopic (exact) mass is 505 g/mol. The van der Waals surface area contributed by atoms with Gasteiger partial charge in [0.05, 0.1) is 22.8 Å². The molecular formula is C26H28ClN7O2. The number of hydrogen-bond donors (Lipinski definition) is 3. The zero-order valence-corrected chi connectivity index (χ0v) is 20.7. The number of hydrogen-bond acceptors (Lipinski definition) is 6. The average molecular weight is 506 g/mol. The number of nitrogens with two attached hydrogens (primary N) is 1. The van der Waals surface area contributed by atoms with Crippen molar-refractivity contribution in [3.63, 3.8) is 0 Å². The SMILES string of the molecule is CN1CCN(C(=O)c2ccc(-c3nc4ncc(Cl)c(NC5C6C=CC(C6)C5C(N)=O)c4[nH]3)cc2)CC1. The molecule has 4 atom stereocenters. The number of likely N-dealkylation sites (N-methyl/N-ethyl adjacent to an activating group) is 1. The lowest BCUT2D eigenvalue weighted by molar-refractivity contribution is -0.122. The molecule has 2 amide bonds. The Morgan fingerprint density at radius 3 is 2.56 bits per heavy atom. The number of carbonyl (C=O) groups is 2. The van der Waals surface area contributed by atoms with Crippen LogP contribution in [-0.2, 0) is 4.79 Å². The number of H-pyrrole nitrogens is 1. The van der Waals surface area contributed by atoms with Crippen molar-refractivity contribution in [3.05, 3.63) is 53.2 Å². The van der Waals surface area contributed by atoms with Crippen LogP contribution in [0.3, 0.4) is 0 Å². The number of aromatic nitrogens is 3. The fourth-order valence-electron chi connectivity index (χ4n) is 5.75. The number of pyridine rings is 1. The standard InChI is InChI=1S/C26H28ClN7O2/c1-33-8-10-34(11-9-33)26(36)15-4-2-14(3-5-15)24-31-22-21(18(27)13-29-25(22)32-24)30-20-17-7-6-16(12-17)19(20)23(28)35/h2-7,13,16-17,19-20H,8-12H2,1H3,(H2,28,35)(H2,29,30,31,32). The Hall–Kier alpha value is -3.43.